The van der Waals surface area contributed by atoms with Gasteiger partial charge in [0, 0.05) is 18.8 Å². The zero-order valence-corrected chi connectivity index (χ0v) is 12.0. The lowest BCUT2D eigenvalue weighted by molar-refractivity contribution is 0.433. The van der Waals surface area contributed by atoms with E-state index in [0.29, 0.717) is 23.0 Å². The molecule has 7 heteroatoms. The molecule has 0 atom stereocenters. The second kappa shape index (κ2) is 4.29. The summed E-state index contributed by atoms with van der Waals surface area (Å²) in [6.45, 7) is 2.57. The first-order valence-corrected chi connectivity index (χ1v) is 8.02. The number of nitrogen functional groups attached to an aromatic ring is 1. The van der Waals surface area contributed by atoms with E-state index in [2.05, 4.69) is 4.98 Å². The number of thiazole rings is 1. The van der Waals surface area contributed by atoms with Crippen molar-refractivity contribution >= 4 is 27.0 Å². The van der Waals surface area contributed by atoms with Crippen LogP contribution in [0.3, 0.4) is 0 Å². The summed E-state index contributed by atoms with van der Waals surface area (Å²) in [5.74, 6) is 0. The first-order valence-electron chi connectivity index (χ1n) is 5.77. The average Bonchev–Trinajstić information content (AvgIpc) is 2.95. The Balaban J connectivity index is 1.94. The predicted octanol–water partition coefficient (Wildman–Crippen LogP) is 1.74. The first-order chi connectivity index (χ1) is 8.96. The number of aryl methyl sites for hydroxylation is 1. The molecule has 19 heavy (non-hydrogen) atoms. The minimum Gasteiger partial charge on any atom is -0.399 e. The molecule has 1 aromatic carbocycles. The van der Waals surface area contributed by atoms with Gasteiger partial charge in [0.15, 0.2) is 4.21 Å². The van der Waals surface area contributed by atoms with Crippen molar-refractivity contribution in [1.82, 2.24) is 9.29 Å². The normalized spacial score (nSPS) is 15.6. The van der Waals surface area contributed by atoms with Crippen molar-refractivity contribution in [3.63, 3.8) is 0 Å². The molecule has 2 N–H and O–H groups in total. The highest BCUT2D eigenvalue weighted by Crippen LogP contribution is 2.31. The summed E-state index contributed by atoms with van der Waals surface area (Å²) in [6, 6.07) is 5.52. The molecular formula is C12H13N3O2S2. The third-order valence-corrected chi connectivity index (χ3v) is 6.26. The van der Waals surface area contributed by atoms with Gasteiger partial charge in [-0.1, -0.05) is 6.07 Å². The van der Waals surface area contributed by atoms with E-state index >= 15 is 0 Å². The largest absolute Gasteiger partial charge is 0.399 e. The molecule has 0 radical (unpaired) electrons. The monoisotopic (exact) mass is 295 g/mol. The third-order valence-electron chi connectivity index (χ3n) is 3.12. The Bertz CT molecular complexity index is 737. The zero-order chi connectivity index (χ0) is 13.6. The van der Waals surface area contributed by atoms with Crippen LogP contribution in [0.1, 0.15) is 16.1 Å². The van der Waals surface area contributed by atoms with Crippen LogP contribution in [0.2, 0.25) is 0 Å². The van der Waals surface area contributed by atoms with E-state index in [0.717, 1.165) is 16.1 Å². The molecule has 5 nitrogen and oxygen atoms in total. The lowest BCUT2D eigenvalue weighted by Crippen LogP contribution is -2.24. The van der Waals surface area contributed by atoms with Crippen LogP contribution in [0.15, 0.2) is 28.6 Å². The van der Waals surface area contributed by atoms with Gasteiger partial charge in [-0.2, -0.15) is 4.31 Å². The van der Waals surface area contributed by atoms with Gasteiger partial charge < -0.3 is 5.73 Å². The maximum absolute atomic E-state index is 12.5. The van der Waals surface area contributed by atoms with Gasteiger partial charge in [0.1, 0.15) is 0 Å². The van der Waals surface area contributed by atoms with E-state index in [4.69, 9.17) is 5.73 Å². The SMILES string of the molecule is Cc1ncc(S(=O)(=O)N2Cc3ccc(N)cc3C2)s1. The number of rotatable bonds is 2. The second-order valence-corrected chi connectivity index (χ2v) is 7.90. The van der Waals surface area contributed by atoms with Crippen molar-refractivity contribution in [2.75, 3.05) is 5.73 Å². The molecule has 0 saturated carbocycles. The molecule has 100 valence electrons. The summed E-state index contributed by atoms with van der Waals surface area (Å²) in [5.41, 5.74) is 8.37. The van der Waals surface area contributed by atoms with Crippen molar-refractivity contribution < 1.29 is 8.42 Å². The molecular weight excluding hydrogens is 282 g/mol. The van der Waals surface area contributed by atoms with Crippen LogP contribution in [0.4, 0.5) is 5.69 Å². The van der Waals surface area contributed by atoms with Crippen LogP contribution in [0.25, 0.3) is 0 Å². The number of sulfonamides is 1. The van der Waals surface area contributed by atoms with Gasteiger partial charge in [-0.15, -0.1) is 11.3 Å². The van der Waals surface area contributed by atoms with Crippen molar-refractivity contribution in [2.24, 2.45) is 0 Å². The molecule has 1 aromatic heterocycles. The Hall–Kier alpha value is -1.44. The quantitative estimate of drug-likeness (QED) is 0.856. The topological polar surface area (TPSA) is 76.3 Å². The minimum absolute atomic E-state index is 0.297. The number of benzene rings is 1. The molecule has 0 saturated heterocycles. The van der Waals surface area contributed by atoms with Gasteiger partial charge >= 0.3 is 0 Å². The number of hydrogen-bond acceptors (Lipinski definition) is 5. The van der Waals surface area contributed by atoms with E-state index in [1.54, 1.807) is 13.0 Å². The molecule has 1 aliphatic rings. The number of nitrogens with two attached hydrogens (primary N) is 1. The van der Waals surface area contributed by atoms with Crippen molar-refractivity contribution in [2.45, 2.75) is 24.2 Å². The van der Waals surface area contributed by atoms with Gasteiger partial charge in [-0.3, -0.25) is 0 Å². The van der Waals surface area contributed by atoms with Crippen molar-refractivity contribution in [3.05, 3.63) is 40.5 Å². The fraction of sp³-hybridized carbons (Fsp3) is 0.250. The van der Waals surface area contributed by atoms with Crippen molar-refractivity contribution in [3.8, 4) is 0 Å². The standard InChI is InChI=1S/C12H13N3O2S2/c1-8-14-5-12(18-8)19(16,17)15-6-9-2-3-11(13)4-10(9)7-15/h2-5H,6-7,13H2,1H3. The van der Waals surface area contributed by atoms with Crippen LogP contribution >= 0.6 is 11.3 Å². The summed E-state index contributed by atoms with van der Waals surface area (Å²) in [4.78, 5) is 4.01. The lowest BCUT2D eigenvalue weighted by atomic mass is 10.1. The van der Waals surface area contributed by atoms with Crippen LogP contribution in [0.5, 0.6) is 0 Å². The number of nitrogens with zero attached hydrogens (tertiary/aromatic N) is 2. The number of hydrogen-bond donors (Lipinski definition) is 1. The number of aromatic nitrogens is 1. The predicted molar refractivity (Wildman–Crippen MR) is 74.1 cm³/mol. The Morgan fingerprint density at radius 1 is 1.32 bits per heavy atom. The third kappa shape index (κ3) is 2.13. The molecule has 0 fully saturated rings. The molecule has 2 aromatic rings. The van der Waals surface area contributed by atoms with E-state index < -0.39 is 10.0 Å². The fourth-order valence-electron chi connectivity index (χ4n) is 2.14. The Morgan fingerprint density at radius 3 is 2.74 bits per heavy atom. The fourth-order valence-corrected chi connectivity index (χ4v) is 4.80. The Kier molecular flexibility index (Phi) is 2.84. The molecule has 3 rings (SSSR count). The summed E-state index contributed by atoms with van der Waals surface area (Å²) in [6.07, 6.45) is 1.42. The number of fused-ring (bicyclic) bond motifs is 1. The van der Waals surface area contributed by atoms with E-state index in [1.165, 1.54) is 21.8 Å². The molecule has 0 amide bonds. The molecule has 0 spiro atoms. The molecule has 0 unspecified atom stereocenters. The van der Waals surface area contributed by atoms with Crippen LogP contribution in [0, 0.1) is 6.92 Å². The highest BCUT2D eigenvalue weighted by Gasteiger charge is 2.31. The smallest absolute Gasteiger partial charge is 0.254 e. The van der Waals surface area contributed by atoms with Gasteiger partial charge in [0.25, 0.3) is 10.0 Å². The molecule has 0 bridgehead atoms. The second-order valence-electron chi connectivity index (χ2n) is 4.50. The lowest BCUT2D eigenvalue weighted by Gasteiger charge is -2.13. The zero-order valence-electron chi connectivity index (χ0n) is 10.3. The summed E-state index contributed by atoms with van der Waals surface area (Å²) in [5, 5.41) is 0.750. The van der Waals surface area contributed by atoms with E-state index in [1.807, 2.05) is 12.1 Å². The van der Waals surface area contributed by atoms with Crippen LogP contribution in [-0.2, 0) is 23.1 Å². The van der Waals surface area contributed by atoms with Crippen LogP contribution < -0.4 is 5.73 Å². The number of anilines is 1. The maximum atomic E-state index is 12.5. The first kappa shape index (κ1) is 12.6. The maximum Gasteiger partial charge on any atom is 0.254 e. The summed E-state index contributed by atoms with van der Waals surface area (Å²) < 4.78 is 26.7. The van der Waals surface area contributed by atoms with Gasteiger partial charge in [0.05, 0.1) is 11.2 Å². The van der Waals surface area contributed by atoms with E-state index in [9.17, 15) is 8.42 Å². The highest BCUT2D eigenvalue weighted by molar-refractivity contribution is 7.91. The van der Waals surface area contributed by atoms with Crippen molar-refractivity contribution in [1.29, 1.82) is 0 Å². The summed E-state index contributed by atoms with van der Waals surface area (Å²) in [7, 11) is -3.45. The van der Waals surface area contributed by atoms with Gasteiger partial charge in [0.2, 0.25) is 0 Å². The van der Waals surface area contributed by atoms with Crippen LogP contribution in [-0.4, -0.2) is 17.7 Å². The molecule has 0 aliphatic carbocycles. The van der Waals surface area contributed by atoms with Gasteiger partial charge in [-0.05, 0) is 30.2 Å². The van der Waals surface area contributed by atoms with E-state index in [-0.39, 0.29) is 0 Å². The van der Waals surface area contributed by atoms with Gasteiger partial charge in [-0.25, -0.2) is 13.4 Å². The summed E-state index contributed by atoms with van der Waals surface area (Å²) >= 11 is 1.20. The molecule has 2 heterocycles. The Morgan fingerprint density at radius 2 is 2.05 bits per heavy atom. The highest BCUT2D eigenvalue weighted by atomic mass is 32.2. The minimum atomic E-state index is -3.45. The Labute approximate surface area is 115 Å². The average molecular weight is 295 g/mol. The molecule has 1 aliphatic heterocycles.